The van der Waals surface area contributed by atoms with Crippen LogP contribution in [-0.4, -0.2) is 4.98 Å². The zero-order valence-electron chi connectivity index (χ0n) is 11.0. The van der Waals surface area contributed by atoms with Crippen LogP contribution in [0.5, 0.6) is 0 Å². The number of hydrogen-bond acceptors (Lipinski definition) is 3. The fraction of sp³-hybridized carbons (Fsp3) is 0.0625. The summed E-state index contributed by atoms with van der Waals surface area (Å²) in [4.78, 5) is 4.33. The summed E-state index contributed by atoms with van der Waals surface area (Å²) in [7, 11) is 0. The van der Waals surface area contributed by atoms with Crippen LogP contribution in [-0.2, 0) is 6.42 Å². The van der Waals surface area contributed by atoms with Gasteiger partial charge < -0.3 is 5.73 Å². The number of anilines is 1. The highest BCUT2D eigenvalue weighted by atomic mass is 32.1. The first-order valence-electron chi connectivity index (χ1n) is 6.36. The van der Waals surface area contributed by atoms with Crippen molar-refractivity contribution >= 4 is 17.0 Å². The van der Waals surface area contributed by atoms with Gasteiger partial charge in [-0.2, -0.15) is 0 Å². The predicted octanol–water partition coefficient (Wildman–Crippen LogP) is 4.26. The molecule has 3 rings (SSSR count). The van der Waals surface area contributed by atoms with Crippen molar-refractivity contribution in [2.75, 3.05) is 5.73 Å². The first-order valence-corrected chi connectivity index (χ1v) is 7.24. The Hall–Kier alpha value is -2.27. The van der Waals surface area contributed by atoms with Gasteiger partial charge in [0.2, 0.25) is 0 Å². The van der Waals surface area contributed by atoms with Crippen molar-refractivity contribution in [2.45, 2.75) is 6.42 Å². The van der Waals surface area contributed by atoms with Crippen molar-refractivity contribution in [1.29, 1.82) is 0 Å². The standard InChI is InChI=1S/C16H12F2N2S/c17-12-2-1-3-13(18)16(12)14-9-21-15(20-14)8-10-4-6-11(19)7-5-10/h1-7,9H,8,19H2. The van der Waals surface area contributed by atoms with E-state index in [9.17, 15) is 8.78 Å². The average Bonchev–Trinajstić information content (AvgIpc) is 2.89. The summed E-state index contributed by atoms with van der Waals surface area (Å²) >= 11 is 1.39. The fourth-order valence-electron chi connectivity index (χ4n) is 2.06. The zero-order chi connectivity index (χ0) is 14.8. The maximum absolute atomic E-state index is 13.7. The van der Waals surface area contributed by atoms with Crippen LogP contribution in [0.3, 0.4) is 0 Å². The summed E-state index contributed by atoms with van der Waals surface area (Å²) in [6.45, 7) is 0. The van der Waals surface area contributed by atoms with E-state index in [-0.39, 0.29) is 5.56 Å². The lowest BCUT2D eigenvalue weighted by molar-refractivity contribution is 0.589. The Labute approximate surface area is 124 Å². The van der Waals surface area contributed by atoms with E-state index in [1.165, 1.54) is 29.5 Å². The molecule has 0 saturated carbocycles. The van der Waals surface area contributed by atoms with E-state index in [1.807, 2.05) is 24.3 Å². The van der Waals surface area contributed by atoms with Gasteiger partial charge in [0.15, 0.2) is 0 Å². The molecule has 0 aliphatic heterocycles. The third-order valence-corrected chi connectivity index (χ3v) is 3.95. The Balaban J connectivity index is 1.88. The Kier molecular flexibility index (Phi) is 3.66. The highest BCUT2D eigenvalue weighted by molar-refractivity contribution is 7.10. The molecule has 2 N–H and O–H groups in total. The summed E-state index contributed by atoms with van der Waals surface area (Å²) in [6, 6.07) is 11.3. The fourth-order valence-corrected chi connectivity index (χ4v) is 2.88. The second-order valence-electron chi connectivity index (χ2n) is 4.64. The van der Waals surface area contributed by atoms with Gasteiger partial charge in [-0.15, -0.1) is 11.3 Å². The number of nitrogen functional groups attached to an aromatic ring is 1. The van der Waals surface area contributed by atoms with Crippen LogP contribution in [0.2, 0.25) is 0 Å². The second kappa shape index (κ2) is 5.61. The van der Waals surface area contributed by atoms with E-state index in [0.29, 0.717) is 17.8 Å². The summed E-state index contributed by atoms with van der Waals surface area (Å²) in [6.07, 6.45) is 0.612. The lowest BCUT2D eigenvalue weighted by Crippen LogP contribution is -1.92. The predicted molar refractivity (Wildman–Crippen MR) is 81.1 cm³/mol. The highest BCUT2D eigenvalue weighted by Gasteiger charge is 2.14. The van der Waals surface area contributed by atoms with Crippen LogP contribution in [0.4, 0.5) is 14.5 Å². The Bertz CT molecular complexity index is 746. The van der Waals surface area contributed by atoms with Crippen molar-refractivity contribution < 1.29 is 8.78 Å². The minimum atomic E-state index is -0.598. The summed E-state index contributed by atoms with van der Waals surface area (Å²) in [5.74, 6) is -1.20. The molecule has 0 amide bonds. The van der Waals surface area contributed by atoms with Gasteiger partial charge in [-0.25, -0.2) is 13.8 Å². The Morgan fingerprint density at radius 1 is 1.00 bits per heavy atom. The summed E-state index contributed by atoms with van der Waals surface area (Å²) in [5.41, 5.74) is 7.66. The van der Waals surface area contributed by atoms with Gasteiger partial charge in [-0.05, 0) is 29.8 Å². The molecule has 21 heavy (non-hydrogen) atoms. The van der Waals surface area contributed by atoms with Gasteiger partial charge in [-0.1, -0.05) is 18.2 Å². The number of rotatable bonds is 3. The van der Waals surface area contributed by atoms with E-state index in [0.717, 1.165) is 10.6 Å². The Morgan fingerprint density at radius 2 is 1.67 bits per heavy atom. The molecule has 3 aromatic rings. The van der Waals surface area contributed by atoms with Gasteiger partial charge in [-0.3, -0.25) is 0 Å². The van der Waals surface area contributed by atoms with Crippen LogP contribution in [0.15, 0.2) is 47.8 Å². The molecule has 0 atom stereocenters. The lowest BCUT2D eigenvalue weighted by atomic mass is 10.1. The molecule has 1 aromatic heterocycles. The molecule has 2 nitrogen and oxygen atoms in total. The molecule has 0 fully saturated rings. The number of aromatic nitrogens is 1. The van der Waals surface area contributed by atoms with E-state index in [1.54, 1.807) is 5.38 Å². The molecule has 2 aromatic carbocycles. The molecule has 0 spiro atoms. The van der Waals surface area contributed by atoms with Gasteiger partial charge in [0, 0.05) is 17.5 Å². The maximum atomic E-state index is 13.7. The molecule has 106 valence electrons. The van der Waals surface area contributed by atoms with Crippen molar-refractivity contribution in [3.63, 3.8) is 0 Å². The average molecular weight is 302 g/mol. The van der Waals surface area contributed by atoms with Gasteiger partial charge in [0.25, 0.3) is 0 Å². The number of nitrogens with two attached hydrogens (primary N) is 1. The largest absolute Gasteiger partial charge is 0.399 e. The van der Waals surface area contributed by atoms with Gasteiger partial charge >= 0.3 is 0 Å². The van der Waals surface area contributed by atoms with E-state index in [4.69, 9.17) is 5.73 Å². The van der Waals surface area contributed by atoms with Crippen molar-refractivity contribution in [3.8, 4) is 11.3 Å². The van der Waals surface area contributed by atoms with Gasteiger partial charge in [0.05, 0.1) is 16.3 Å². The van der Waals surface area contributed by atoms with E-state index < -0.39 is 11.6 Å². The lowest BCUT2D eigenvalue weighted by Gasteiger charge is -2.01. The molecule has 1 heterocycles. The number of halogens is 2. The molecule has 0 saturated heterocycles. The van der Waals surface area contributed by atoms with E-state index >= 15 is 0 Å². The number of thiazole rings is 1. The molecule has 5 heteroatoms. The monoisotopic (exact) mass is 302 g/mol. The number of benzene rings is 2. The number of hydrogen-bond donors (Lipinski definition) is 1. The highest BCUT2D eigenvalue weighted by Crippen LogP contribution is 2.28. The third kappa shape index (κ3) is 2.92. The summed E-state index contributed by atoms with van der Waals surface area (Å²) < 4.78 is 27.5. The summed E-state index contributed by atoms with van der Waals surface area (Å²) in [5, 5.41) is 2.48. The topological polar surface area (TPSA) is 38.9 Å². The first-order chi connectivity index (χ1) is 10.1. The van der Waals surface area contributed by atoms with Gasteiger partial charge in [0.1, 0.15) is 11.6 Å². The molecule has 0 unspecified atom stereocenters. The quantitative estimate of drug-likeness (QED) is 0.734. The van der Waals surface area contributed by atoms with Crippen LogP contribution in [0, 0.1) is 11.6 Å². The smallest absolute Gasteiger partial charge is 0.135 e. The zero-order valence-corrected chi connectivity index (χ0v) is 11.8. The third-order valence-electron chi connectivity index (χ3n) is 3.11. The van der Waals surface area contributed by atoms with Crippen LogP contribution in [0.25, 0.3) is 11.3 Å². The normalized spacial score (nSPS) is 10.8. The maximum Gasteiger partial charge on any atom is 0.135 e. The molecule has 0 aliphatic rings. The van der Waals surface area contributed by atoms with Crippen molar-refractivity contribution in [2.24, 2.45) is 0 Å². The van der Waals surface area contributed by atoms with Crippen molar-refractivity contribution in [1.82, 2.24) is 4.98 Å². The first kappa shape index (κ1) is 13.7. The second-order valence-corrected chi connectivity index (χ2v) is 5.58. The molecular weight excluding hydrogens is 290 g/mol. The Morgan fingerprint density at radius 3 is 2.33 bits per heavy atom. The molecule has 0 bridgehead atoms. The van der Waals surface area contributed by atoms with E-state index in [2.05, 4.69) is 4.98 Å². The van der Waals surface area contributed by atoms with Crippen LogP contribution in [0.1, 0.15) is 10.6 Å². The van der Waals surface area contributed by atoms with Crippen molar-refractivity contribution in [3.05, 3.63) is 70.1 Å². The minimum Gasteiger partial charge on any atom is -0.399 e. The van der Waals surface area contributed by atoms with Crippen LogP contribution < -0.4 is 5.73 Å². The SMILES string of the molecule is Nc1ccc(Cc2nc(-c3c(F)cccc3F)cs2)cc1. The molecule has 0 radical (unpaired) electrons. The number of nitrogens with zero attached hydrogens (tertiary/aromatic N) is 1. The molecular formula is C16H12F2N2S. The van der Waals surface area contributed by atoms with Crippen LogP contribution >= 0.6 is 11.3 Å². The molecule has 0 aliphatic carbocycles. The minimum absolute atomic E-state index is 0.0719.